The Balaban J connectivity index is 1.99. The van der Waals surface area contributed by atoms with Crippen LogP contribution in [0.5, 0.6) is 5.88 Å². The SMILES string of the molecule is ClCc1ccnc(OCc2ncc(Cl)[nH]2)c1. The number of halogens is 2. The van der Waals surface area contributed by atoms with E-state index in [9.17, 15) is 0 Å². The van der Waals surface area contributed by atoms with E-state index in [0.29, 0.717) is 29.3 Å². The molecule has 0 saturated carbocycles. The molecule has 4 nitrogen and oxygen atoms in total. The van der Waals surface area contributed by atoms with E-state index in [1.54, 1.807) is 12.3 Å². The van der Waals surface area contributed by atoms with Crippen LogP contribution >= 0.6 is 23.2 Å². The van der Waals surface area contributed by atoms with Crippen molar-refractivity contribution in [2.24, 2.45) is 0 Å². The Morgan fingerprint density at radius 1 is 1.38 bits per heavy atom. The molecule has 0 saturated heterocycles. The number of pyridine rings is 1. The van der Waals surface area contributed by atoms with E-state index < -0.39 is 0 Å². The van der Waals surface area contributed by atoms with Crippen molar-refractivity contribution in [3.8, 4) is 5.88 Å². The monoisotopic (exact) mass is 257 g/mol. The third kappa shape index (κ3) is 2.87. The Bertz CT molecular complexity index is 473. The highest BCUT2D eigenvalue weighted by Gasteiger charge is 2.01. The second-order valence-corrected chi connectivity index (χ2v) is 3.78. The van der Waals surface area contributed by atoms with Gasteiger partial charge < -0.3 is 9.72 Å². The summed E-state index contributed by atoms with van der Waals surface area (Å²) in [4.78, 5) is 10.9. The Hall–Kier alpha value is -1.26. The van der Waals surface area contributed by atoms with Crippen LogP contribution in [0.1, 0.15) is 11.4 Å². The topological polar surface area (TPSA) is 50.8 Å². The van der Waals surface area contributed by atoms with E-state index in [4.69, 9.17) is 27.9 Å². The molecule has 0 aliphatic rings. The van der Waals surface area contributed by atoms with Crippen molar-refractivity contribution in [2.45, 2.75) is 12.5 Å². The number of ether oxygens (including phenoxy) is 1. The number of nitrogens with one attached hydrogen (secondary N) is 1. The van der Waals surface area contributed by atoms with Crippen LogP contribution in [0.2, 0.25) is 5.15 Å². The molecule has 0 fully saturated rings. The molecule has 16 heavy (non-hydrogen) atoms. The average molecular weight is 258 g/mol. The molecule has 84 valence electrons. The number of aromatic nitrogens is 3. The van der Waals surface area contributed by atoms with E-state index >= 15 is 0 Å². The molecule has 0 bridgehead atoms. The van der Waals surface area contributed by atoms with Gasteiger partial charge in [-0.25, -0.2) is 9.97 Å². The minimum Gasteiger partial charge on any atom is -0.469 e. The first-order valence-electron chi connectivity index (χ1n) is 4.61. The molecule has 0 spiro atoms. The minimum absolute atomic E-state index is 0.297. The van der Waals surface area contributed by atoms with Crippen LogP contribution in [-0.2, 0) is 12.5 Å². The van der Waals surface area contributed by atoms with E-state index in [0.717, 1.165) is 5.56 Å². The first-order chi connectivity index (χ1) is 7.78. The van der Waals surface area contributed by atoms with Gasteiger partial charge in [-0.3, -0.25) is 0 Å². The maximum absolute atomic E-state index is 5.70. The Kier molecular flexibility index (Phi) is 3.64. The lowest BCUT2D eigenvalue weighted by molar-refractivity contribution is 0.285. The number of hydrogen-bond donors (Lipinski definition) is 1. The highest BCUT2D eigenvalue weighted by Crippen LogP contribution is 2.13. The van der Waals surface area contributed by atoms with Gasteiger partial charge in [0.2, 0.25) is 5.88 Å². The third-order valence-electron chi connectivity index (χ3n) is 1.91. The normalized spacial score (nSPS) is 10.4. The molecule has 0 radical (unpaired) electrons. The van der Waals surface area contributed by atoms with E-state index in [1.807, 2.05) is 6.07 Å². The molecule has 2 aromatic rings. The fourth-order valence-corrected chi connectivity index (χ4v) is 1.49. The number of alkyl halides is 1. The van der Waals surface area contributed by atoms with Crippen molar-refractivity contribution in [1.82, 2.24) is 15.0 Å². The summed E-state index contributed by atoms with van der Waals surface area (Å²) in [5, 5.41) is 0.487. The summed E-state index contributed by atoms with van der Waals surface area (Å²) in [6.45, 7) is 0.297. The first-order valence-corrected chi connectivity index (χ1v) is 5.52. The smallest absolute Gasteiger partial charge is 0.213 e. The summed E-state index contributed by atoms with van der Waals surface area (Å²) in [5.41, 5.74) is 0.962. The molecule has 0 aliphatic carbocycles. The summed E-state index contributed by atoms with van der Waals surface area (Å²) < 4.78 is 5.43. The number of rotatable bonds is 4. The lowest BCUT2D eigenvalue weighted by atomic mass is 10.3. The third-order valence-corrected chi connectivity index (χ3v) is 2.41. The van der Waals surface area contributed by atoms with Crippen molar-refractivity contribution in [3.05, 3.63) is 41.1 Å². The fourth-order valence-electron chi connectivity index (χ4n) is 1.17. The zero-order valence-corrected chi connectivity index (χ0v) is 9.79. The van der Waals surface area contributed by atoms with E-state index in [-0.39, 0.29) is 0 Å². The van der Waals surface area contributed by atoms with Crippen LogP contribution in [-0.4, -0.2) is 15.0 Å². The lowest BCUT2D eigenvalue weighted by Crippen LogP contribution is -1.99. The zero-order valence-electron chi connectivity index (χ0n) is 8.28. The van der Waals surface area contributed by atoms with Gasteiger partial charge in [0.1, 0.15) is 17.6 Å². The van der Waals surface area contributed by atoms with Gasteiger partial charge in [-0.15, -0.1) is 11.6 Å². The number of H-pyrrole nitrogens is 1. The number of hydrogen-bond acceptors (Lipinski definition) is 3. The molecule has 6 heteroatoms. The van der Waals surface area contributed by atoms with Gasteiger partial charge in [0.25, 0.3) is 0 Å². The summed E-state index contributed by atoms with van der Waals surface area (Å²) >= 11 is 11.4. The van der Waals surface area contributed by atoms with Crippen molar-refractivity contribution < 1.29 is 4.74 Å². The predicted octanol–water partition coefficient (Wildman–Crippen LogP) is 2.78. The molecule has 2 heterocycles. The standard InChI is InChI=1S/C10H9Cl2N3O/c11-4-7-1-2-13-10(3-7)16-6-9-14-5-8(12)15-9/h1-3,5H,4,6H2,(H,14,15). The van der Waals surface area contributed by atoms with Crippen LogP contribution < -0.4 is 4.74 Å². The Morgan fingerprint density at radius 2 is 2.25 bits per heavy atom. The van der Waals surface area contributed by atoms with Crippen LogP contribution in [0.25, 0.3) is 0 Å². The Morgan fingerprint density at radius 3 is 2.94 bits per heavy atom. The van der Waals surface area contributed by atoms with Gasteiger partial charge in [0, 0.05) is 18.1 Å². The van der Waals surface area contributed by atoms with Gasteiger partial charge >= 0.3 is 0 Å². The number of aromatic amines is 1. The summed E-state index contributed by atoms with van der Waals surface area (Å²) in [5.74, 6) is 1.61. The van der Waals surface area contributed by atoms with Crippen LogP contribution in [0.3, 0.4) is 0 Å². The number of imidazole rings is 1. The molecule has 1 N–H and O–H groups in total. The van der Waals surface area contributed by atoms with Crippen LogP contribution in [0, 0.1) is 0 Å². The maximum Gasteiger partial charge on any atom is 0.213 e. The zero-order chi connectivity index (χ0) is 11.4. The largest absolute Gasteiger partial charge is 0.469 e. The van der Waals surface area contributed by atoms with Gasteiger partial charge in [-0.05, 0) is 11.6 Å². The molecular formula is C10H9Cl2N3O. The molecule has 0 atom stereocenters. The van der Waals surface area contributed by atoms with E-state index in [2.05, 4.69) is 15.0 Å². The van der Waals surface area contributed by atoms with Crippen LogP contribution in [0.4, 0.5) is 0 Å². The molecule has 2 rings (SSSR count). The lowest BCUT2D eigenvalue weighted by Gasteiger charge is -2.03. The molecule has 2 aromatic heterocycles. The fraction of sp³-hybridized carbons (Fsp3) is 0.200. The highest BCUT2D eigenvalue weighted by atomic mass is 35.5. The predicted molar refractivity (Wildman–Crippen MR) is 61.7 cm³/mol. The van der Waals surface area contributed by atoms with Gasteiger partial charge in [0.05, 0.1) is 6.20 Å². The summed E-state index contributed by atoms with van der Waals surface area (Å²) in [6.07, 6.45) is 3.19. The Labute approximate surface area is 103 Å². The number of nitrogens with zero attached hydrogens (tertiary/aromatic N) is 2. The molecular weight excluding hydrogens is 249 g/mol. The van der Waals surface area contributed by atoms with Crippen molar-refractivity contribution in [2.75, 3.05) is 0 Å². The maximum atomic E-state index is 5.70. The summed E-state index contributed by atoms with van der Waals surface area (Å²) in [6, 6.07) is 3.63. The first kappa shape index (κ1) is 11.2. The van der Waals surface area contributed by atoms with Crippen molar-refractivity contribution in [1.29, 1.82) is 0 Å². The molecule has 0 unspecified atom stereocenters. The van der Waals surface area contributed by atoms with E-state index in [1.165, 1.54) is 6.20 Å². The molecule has 0 amide bonds. The second-order valence-electron chi connectivity index (χ2n) is 3.10. The average Bonchev–Trinajstić information content (AvgIpc) is 2.73. The summed E-state index contributed by atoms with van der Waals surface area (Å²) in [7, 11) is 0. The molecule has 0 aromatic carbocycles. The molecule has 0 aliphatic heterocycles. The quantitative estimate of drug-likeness (QED) is 0.858. The van der Waals surface area contributed by atoms with Gasteiger partial charge in [0.15, 0.2) is 0 Å². The van der Waals surface area contributed by atoms with Crippen molar-refractivity contribution >= 4 is 23.2 Å². The van der Waals surface area contributed by atoms with Crippen LogP contribution in [0.15, 0.2) is 24.5 Å². The van der Waals surface area contributed by atoms with Gasteiger partial charge in [-0.1, -0.05) is 11.6 Å². The van der Waals surface area contributed by atoms with Crippen molar-refractivity contribution in [3.63, 3.8) is 0 Å². The highest BCUT2D eigenvalue weighted by molar-refractivity contribution is 6.29. The second kappa shape index (κ2) is 5.18. The minimum atomic E-state index is 0.297. The van der Waals surface area contributed by atoms with Gasteiger partial charge in [-0.2, -0.15) is 0 Å².